The number of carbonyl (C=O) groups excluding carboxylic acids is 3. The molecule has 3 amide bonds. The minimum Gasteiger partial charge on any atom is -0.382 e. The van der Waals surface area contributed by atoms with Gasteiger partial charge in [0.15, 0.2) is 0 Å². The van der Waals surface area contributed by atoms with E-state index in [0.717, 1.165) is 4.68 Å². The van der Waals surface area contributed by atoms with Crippen LogP contribution in [0, 0.1) is 0 Å². The fourth-order valence-corrected chi connectivity index (χ4v) is 5.02. The summed E-state index contributed by atoms with van der Waals surface area (Å²) in [6.07, 6.45) is 2.23. The van der Waals surface area contributed by atoms with Crippen molar-refractivity contribution < 1.29 is 47.9 Å². The number of aromatic nitrogens is 2. The van der Waals surface area contributed by atoms with Crippen LogP contribution in [-0.4, -0.2) is 150 Å². The fourth-order valence-electron chi connectivity index (χ4n) is 5.02. The summed E-state index contributed by atoms with van der Waals surface area (Å²) >= 11 is 0. The van der Waals surface area contributed by atoms with E-state index in [4.69, 9.17) is 33.5 Å². The zero-order valence-corrected chi connectivity index (χ0v) is 28.9. The number of anilines is 1. The van der Waals surface area contributed by atoms with Crippen molar-refractivity contribution >= 4 is 34.2 Å². The van der Waals surface area contributed by atoms with Crippen LogP contribution >= 0.6 is 0 Å². The van der Waals surface area contributed by atoms with Crippen molar-refractivity contribution in [1.29, 1.82) is 0 Å². The summed E-state index contributed by atoms with van der Waals surface area (Å²) in [5.41, 5.74) is 0.210. The summed E-state index contributed by atoms with van der Waals surface area (Å²) in [7, 11) is 0. The largest absolute Gasteiger partial charge is 0.382 e. The fraction of sp³-hybridized carbons (Fsp3) is 0.667. The van der Waals surface area contributed by atoms with E-state index in [1.54, 1.807) is 23.2 Å². The smallest absolute Gasteiger partial charge is 0.277 e. The number of amides is 3. The second-order valence-corrected chi connectivity index (χ2v) is 11.1. The Labute approximate surface area is 291 Å². The number of carbonyl (C=O) groups is 3. The third-order valence-electron chi connectivity index (χ3n) is 7.63. The van der Waals surface area contributed by atoms with Crippen molar-refractivity contribution in [2.24, 2.45) is 0 Å². The van der Waals surface area contributed by atoms with Gasteiger partial charge in [0.25, 0.3) is 11.5 Å². The van der Waals surface area contributed by atoms with Gasteiger partial charge in [-0.3, -0.25) is 29.8 Å². The van der Waals surface area contributed by atoms with Crippen molar-refractivity contribution in [3.63, 3.8) is 0 Å². The van der Waals surface area contributed by atoms with E-state index in [1.165, 1.54) is 0 Å². The Kier molecular flexibility index (Phi) is 20.1. The summed E-state index contributed by atoms with van der Waals surface area (Å²) in [4.78, 5) is 50.9. The van der Waals surface area contributed by atoms with E-state index in [9.17, 15) is 19.2 Å². The summed E-state index contributed by atoms with van der Waals surface area (Å²) in [5.74, 6) is -0.857. The molecule has 2 aromatic rings. The number of ether oxygens (including phenoxy) is 6. The molecule has 0 saturated carbocycles. The van der Waals surface area contributed by atoms with Crippen LogP contribution < -0.4 is 21.5 Å². The Morgan fingerprint density at radius 2 is 1.50 bits per heavy atom. The Bertz CT molecular complexity index is 1360. The minimum atomic E-state index is -0.829. The molecule has 1 aliphatic heterocycles. The van der Waals surface area contributed by atoms with Crippen LogP contribution in [0.5, 0.6) is 0 Å². The molecular weight excluding hydrogens is 656 g/mol. The van der Waals surface area contributed by atoms with Gasteiger partial charge >= 0.3 is 0 Å². The van der Waals surface area contributed by atoms with Crippen LogP contribution in [0.1, 0.15) is 32.2 Å². The molecule has 1 aromatic heterocycles. The van der Waals surface area contributed by atoms with Gasteiger partial charge in [0.2, 0.25) is 11.8 Å². The molecular formula is C33H52N6O11. The van der Waals surface area contributed by atoms with Gasteiger partial charge in [-0.2, -0.15) is 5.10 Å². The molecule has 1 aromatic carbocycles. The number of nitrogens with zero attached hydrogens (tertiary/aromatic N) is 3. The topological polar surface area (TPSA) is 201 Å². The number of fused-ring (bicyclic) bond motifs is 1. The van der Waals surface area contributed by atoms with Gasteiger partial charge in [-0.15, -0.1) is 0 Å². The summed E-state index contributed by atoms with van der Waals surface area (Å²) in [6, 6.07) is 4.55. The first-order valence-corrected chi connectivity index (χ1v) is 17.1. The van der Waals surface area contributed by atoms with Crippen LogP contribution in [0.2, 0.25) is 0 Å². The molecule has 1 saturated heterocycles. The highest BCUT2D eigenvalue weighted by atomic mass is 16.6. The second kappa shape index (κ2) is 24.6. The predicted molar refractivity (Wildman–Crippen MR) is 183 cm³/mol. The van der Waals surface area contributed by atoms with Gasteiger partial charge in [-0.1, -0.05) is 12.1 Å². The quantitative estimate of drug-likeness (QED) is 0.0508. The van der Waals surface area contributed by atoms with Gasteiger partial charge in [-0.05, 0) is 19.4 Å². The number of piperidine rings is 1. The normalized spacial score (nSPS) is 14.6. The number of aliphatic hydroxyl groups excluding tert-OH is 1. The zero-order valence-electron chi connectivity index (χ0n) is 28.9. The monoisotopic (exact) mass is 708 g/mol. The maximum atomic E-state index is 13.3. The molecule has 3 rings (SSSR count). The number of rotatable bonds is 28. The molecule has 280 valence electrons. The highest BCUT2D eigenvalue weighted by Crippen LogP contribution is 2.21. The number of hydrogen-bond donors (Lipinski definition) is 4. The summed E-state index contributed by atoms with van der Waals surface area (Å²) in [6.45, 7) is 8.96. The first-order chi connectivity index (χ1) is 24.5. The van der Waals surface area contributed by atoms with Crippen molar-refractivity contribution in [2.75, 3.05) is 118 Å². The first kappa shape index (κ1) is 40.9. The number of likely N-dealkylation sites (N-methyl/N-ethyl adjacent to an activating group) is 1. The van der Waals surface area contributed by atoms with Crippen LogP contribution in [0.15, 0.2) is 29.2 Å². The van der Waals surface area contributed by atoms with E-state index in [1.807, 2.05) is 13.0 Å². The minimum absolute atomic E-state index is 0.0222. The third kappa shape index (κ3) is 14.7. The highest BCUT2D eigenvalue weighted by molar-refractivity contribution is 5.99. The van der Waals surface area contributed by atoms with Gasteiger partial charge < -0.3 is 43.7 Å². The molecule has 17 nitrogen and oxygen atoms in total. The lowest BCUT2D eigenvalue weighted by molar-refractivity contribution is -0.136. The van der Waals surface area contributed by atoms with Crippen LogP contribution in [0.4, 0.5) is 5.69 Å². The predicted octanol–water partition coefficient (Wildman–Crippen LogP) is -0.336. The lowest BCUT2D eigenvalue weighted by Crippen LogP contribution is -2.45. The number of imide groups is 1. The molecule has 0 radical (unpaired) electrons. The van der Waals surface area contributed by atoms with Crippen molar-refractivity contribution in [2.45, 2.75) is 32.2 Å². The van der Waals surface area contributed by atoms with Crippen LogP contribution in [0.25, 0.3) is 10.8 Å². The molecule has 1 atom stereocenters. The lowest BCUT2D eigenvalue weighted by atomic mass is 10.1. The average molecular weight is 709 g/mol. The Balaban J connectivity index is 1.12. The average Bonchev–Trinajstić information content (AvgIpc) is 3.11. The van der Waals surface area contributed by atoms with Crippen molar-refractivity contribution in [3.8, 4) is 0 Å². The number of nitrogens with one attached hydrogen (secondary N) is 3. The van der Waals surface area contributed by atoms with E-state index in [2.05, 4.69) is 21.0 Å². The first-order valence-electron chi connectivity index (χ1n) is 17.1. The molecule has 4 N–H and O–H groups in total. The van der Waals surface area contributed by atoms with E-state index >= 15 is 0 Å². The molecule has 1 aliphatic rings. The highest BCUT2D eigenvalue weighted by Gasteiger charge is 2.30. The molecule has 1 fully saturated rings. The number of benzene rings is 1. The van der Waals surface area contributed by atoms with Gasteiger partial charge in [0, 0.05) is 43.7 Å². The maximum Gasteiger partial charge on any atom is 0.277 e. The number of aliphatic hydroxyl groups is 1. The summed E-state index contributed by atoms with van der Waals surface area (Å²) in [5, 5.41) is 22.3. The van der Waals surface area contributed by atoms with Gasteiger partial charge in [0.05, 0.1) is 104 Å². The Hall–Kier alpha value is -3.55. The Morgan fingerprint density at radius 1 is 0.900 bits per heavy atom. The zero-order chi connectivity index (χ0) is 35.8. The van der Waals surface area contributed by atoms with E-state index < -0.39 is 17.5 Å². The van der Waals surface area contributed by atoms with E-state index in [-0.39, 0.29) is 31.4 Å². The van der Waals surface area contributed by atoms with Gasteiger partial charge in [-0.25, -0.2) is 4.68 Å². The lowest BCUT2D eigenvalue weighted by Gasteiger charge is -2.22. The SMILES string of the molecule is CCN(CCNCO)C(=O)CCOCCOCCOCCOCCOCCOCCNc1cccc2cnn(C3CCC(=O)NC3=O)c(=O)c12. The van der Waals surface area contributed by atoms with Crippen LogP contribution in [-0.2, 0) is 42.8 Å². The molecule has 0 aliphatic carbocycles. The molecule has 1 unspecified atom stereocenters. The van der Waals surface area contributed by atoms with Gasteiger partial charge in [0.1, 0.15) is 6.04 Å². The molecule has 50 heavy (non-hydrogen) atoms. The van der Waals surface area contributed by atoms with Crippen molar-refractivity contribution in [1.82, 2.24) is 25.3 Å². The standard InChI is InChI=1S/C33H52N6O11/c1-2-38(11-9-34-25-40)30(42)8-12-45-14-16-47-18-20-49-22-23-50-21-19-48-17-15-46-13-10-35-27-5-3-4-26-24-36-39(33(44)31(26)27)28-6-7-29(41)37-32(28)43/h3-5,24,28,34-35,40H,2,6-23,25H2,1H3,(H,37,41,43). The second-order valence-electron chi connectivity index (χ2n) is 11.1. The maximum absolute atomic E-state index is 13.3. The molecule has 0 bridgehead atoms. The number of hydrogen-bond acceptors (Lipinski definition) is 14. The third-order valence-corrected chi connectivity index (χ3v) is 7.63. The molecule has 2 heterocycles. The van der Waals surface area contributed by atoms with Crippen molar-refractivity contribution in [3.05, 3.63) is 34.7 Å². The summed E-state index contributed by atoms with van der Waals surface area (Å²) < 4.78 is 34.2. The molecule has 17 heteroatoms. The van der Waals surface area contributed by atoms with Crippen LogP contribution in [0.3, 0.4) is 0 Å². The molecule has 0 spiro atoms. The van der Waals surface area contributed by atoms with E-state index in [0.29, 0.717) is 128 Å². The Morgan fingerprint density at radius 3 is 2.08 bits per heavy atom.